The second kappa shape index (κ2) is 8.73. The number of para-hydroxylation sites is 1. The van der Waals surface area contributed by atoms with Gasteiger partial charge in [-0.1, -0.05) is 24.3 Å². The molecular weight excluding hydrogens is 612 g/mol. The van der Waals surface area contributed by atoms with Crippen molar-refractivity contribution in [3.63, 3.8) is 0 Å². The number of phenolic OH excluding ortho intramolecular Hbond substituents is 1. The molecule has 5 fully saturated rings. The average Bonchev–Trinajstić information content (AvgIpc) is 3.77. The number of anilines is 2. The van der Waals surface area contributed by atoms with Crippen LogP contribution in [0.4, 0.5) is 11.4 Å². The smallest absolute Gasteiger partial charge is 0.308 e. The summed E-state index contributed by atoms with van der Waals surface area (Å²) in [4.78, 5) is 50.9. The number of methoxy groups -OCH3 is 2. The van der Waals surface area contributed by atoms with Crippen LogP contribution in [0.1, 0.15) is 61.6 Å². The number of benzene rings is 2. The first-order valence-electron chi connectivity index (χ1n) is 17.2. The van der Waals surface area contributed by atoms with Crippen LogP contribution in [0.3, 0.4) is 0 Å². The number of ketones is 1. The number of amides is 1. The third-order valence-corrected chi connectivity index (χ3v) is 13.9. The molecule has 0 saturated carbocycles. The van der Waals surface area contributed by atoms with E-state index in [1.54, 1.807) is 31.3 Å². The Morgan fingerprint density at radius 1 is 0.917 bits per heavy atom. The zero-order valence-corrected chi connectivity index (χ0v) is 27.8. The van der Waals surface area contributed by atoms with Crippen molar-refractivity contribution in [3.8, 4) is 17.2 Å². The molecule has 250 valence electrons. The molecule has 5 saturated heterocycles. The number of likely N-dealkylation sites (tertiary alicyclic amines) is 1. The number of hydrogen-bond acceptors (Lipinski definition) is 10. The van der Waals surface area contributed by atoms with E-state index in [1.807, 2.05) is 18.0 Å². The zero-order chi connectivity index (χ0) is 33.2. The molecule has 10 rings (SSSR count). The number of ether oxygens (including phenoxy) is 3. The summed E-state index contributed by atoms with van der Waals surface area (Å²) in [5.74, 6) is 0.532. The Hall–Kier alpha value is -4.09. The molecule has 1 N–H and O–H groups in total. The molecule has 1 amide bonds. The van der Waals surface area contributed by atoms with Crippen molar-refractivity contribution >= 4 is 29.0 Å². The second-order valence-electron chi connectivity index (χ2n) is 15.2. The minimum Gasteiger partial charge on any atom is -0.506 e. The molecule has 11 nitrogen and oxygen atoms in total. The molecule has 48 heavy (non-hydrogen) atoms. The van der Waals surface area contributed by atoms with Crippen LogP contribution in [0.15, 0.2) is 36.4 Å². The number of piperidine rings is 2. The van der Waals surface area contributed by atoms with Crippen LogP contribution in [-0.4, -0.2) is 97.9 Å². The first-order chi connectivity index (χ1) is 23.1. The van der Waals surface area contributed by atoms with Gasteiger partial charge in [-0.2, -0.15) is 0 Å². The van der Waals surface area contributed by atoms with Gasteiger partial charge in [0.25, 0.3) is 0 Å². The number of Topliss-reactive ketones (excluding diaryl/α,β-unsaturated/α-hetero) is 1. The van der Waals surface area contributed by atoms with Gasteiger partial charge in [0.05, 0.1) is 54.3 Å². The number of fused-ring (bicyclic) bond motifs is 5. The minimum atomic E-state index is -1.25. The van der Waals surface area contributed by atoms with E-state index in [2.05, 4.69) is 35.1 Å². The standard InChI is InChI=1S/C37H40N4O7/c1-38-17-14-34(21-7-5-8-24(42)28(21)41-26(43)10-13-36(38,41)32(34)45)23-19-22-29(31(47-4)30(23)46-3)39(2)25-9-12-33-11-6-16-40-18-15-35(22,25)37(33,40)48-27(44)20-33/h5,7-9,12,19,25,42H,6,10-11,13-18,20H2,1-4H3/t25-,33-,34?,35-,36?,37+/m1/s1. The van der Waals surface area contributed by atoms with Crippen molar-refractivity contribution in [3.05, 3.63) is 53.1 Å². The van der Waals surface area contributed by atoms with Crippen molar-refractivity contribution < 1.29 is 33.7 Å². The number of nitrogens with zero attached hydrogens (tertiary/aromatic N) is 4. The Balaban J connectivity index is 1.32. The molecule has 11 heteroatoms. The van der Waals surface area contributed by atoms with Gasteiger partial charge in [-0.25, -0.2) is 0 Å². The number of phenols is 1. The Bertz CT molecular complexity index is 1930. The Morgan fingerprint density at radius 3 is 2.52 bits per heavy atom. The maximum Gasteiger partial charge on any atom is 0.308 e. The van der Waals surface area contributed by atoms with Gasteiger partial charge in [0, 0.05) is 45.1 Å². The highest BCUT2D eigenvalue weighted by molar-refractivity contribution is 6.17. The van der Waals surface area contributed by atoms with Crippen molar-refractivity contribution in [1.29, 1.82) is 0 Å². The summed E-state index contributed by atoms with van der Waals surface area (Å²) in [7, 11) is 7.21. The van der Waals surface area contributed by atoms with Gasteiger partial charge in [0.2, 0.25) is 5.91 Å². The number of aromatic hydroxyl groups is 1. The summed E-state index contributed by atoms with van der Waals surface area (Å²) in [6.45, 7) is 2.18. The fourth-order valence-electron chi connectivity index (χ4n) is 12.3. The molecular formula is C37H40N4O7. The molecule has 1 aliphatic carbocycles. The maximum absolute atomic E-state index is 15.6. The van der Waals surface area contributed by atoms with E-state index >= 15 is 4.79 Å². The molecule has 7 heterocycles. The van der Waals surface area contributed by atoms with Crippen LogP contribution in [0.25, 0.3) is 0 Å². The molecule has 3 spiro atoms. The highest BCUT2D eigenvalue weighted by Gasteiger charge is 2.81. The van der Waals surface area contributed by atoms with Crippen molar-refractivity contribution in [1.82, 2.24) is 9.80 Å². The van der Waals surface area contributed by atoms with E-state index in [-0.39, 0.29) is 35.9 Å². The van der Waals surface area contributed by atoms with Gasteiger partial charge in [-0.15, -0.1) is 0 Å². The number of esters is 1. The summed E-state index contributed by atoms with van der Waals surface area (Å²) in [5.41, 5.74) is -0.900. The van der Waals surface area contributed by atoms with E-state index in [1.165, 1.54) is 0 Å². The summed E-state index contributed by atoms with van der Waals surface area (Å²) in [6.07, 6.45) is 8.49. The number of carbonyl (C=O) groups excluding carboxylic acids is 3. The van der Waals surface area contributed by atoms with E-state index in [9.17, 15) is 14.7 Å². The number of rotatable bonds is 3. The lowest BCUT2D eigenvalue weighted by atomic mass is 9.52. The van der Waals surface area contributed by atoms with Crippen LogP contribution >= 0.6 is 0 Å². The molecule has 6 atom stereocenters. The molecule has 2 bridgehead atoms. The van der Waals surface area contributed by atoms with Crippen molar-refractivity contribution in [2.75, 3.05) is 57.7 Å². The predicted molar refractivity (Wildman–Crippen MR) is 174 cm³/mol. The lowest BCUT2D eigenvalue weighted by molar-refractivity contribution is -0.207. The first-order valence-corrected chi connectivity index (χ1v) is 17.2. The molecule has 0 aromatic heterocycles. The normalized spacial score (nSPS) is 38.7. The number of likely N-dealkylation sites (N-methyl/N-ethyl adjacent to an activating group) is 2. The lowest BCUT2D eigenvalue weighted by Crippen LogP contribution is -2.73. The van der Waals surface area contributed by atoms with Gasteiger partial charge in [0.15, 0.2) is 28.7 Å². The Morgan fingerprint density at radius 2 is 1.73 bits per heavy atom. The highest BCUT2D eigenvalue weighted by atomic mass is 16.6. The second-order valence-corrected chi connectivity index (χ2v) is 15.2. The van der Waals surface area contributed by atoms with Crippen LogP contribution in [0.2, 0.25) is 0 Å². The van der Waals surface area contributed by atoms with Crippen LogP contribution in [0, 0.1) is 5.41 Å². The molecule has 0 radical (unpaired) electrons. The SMILES string of the molecule is COc1c(C23CCN(C)C4(CCC(=O)N4c4c(O)cccc42)C3=O)cc2c(c1OC)N(C)[C@@H]1C=C[C@@]34CCCN5CC[C@@]21[C@]53OC(=O)C4. The van der Waals surface area contributed by atoms with Crippen LogP contribution < -0.4 is 19.3 Å². The predicted octanol–water partition coefficient (Wildman–Crippen LogP) is 3.19. The molecule has 2 aromatic carbocycles. The highest BCUT2D eigenvalue weighted by Crippen LogP contribution is 2.73. The Labute approximate surface area is 279 Å². The molecule has 2 unspecified atom stereocenters. The third-order valence-electron chi connectivity index (χ3n) is 13.9. The van der Waals surface area contributed by atoms with Gasteiger partial charge in [-0.3, -0.25) is 29.1 Å². The van der Waals surface area contributed by atoms with Gasteiger partial charge >= 0.3 is 5.97 Å². The number of carbonyl (C=O) groups is 3. The topological polar surface area (TPSA) is 112 Å². The number of hydrogen-bond donors (Lipinski definition) is 1. The molecule has 2 aromatic rings. The van der Waals surface area contributed by atoms with Crippen LogP contribution in [-0.2, 0) is 30.0 Å². The molecule has 8 aliphatic rings. The minimum absolute atomic E-state index is 0.0302. The van der Waals surface area contributed by atoms with Gasteiger partial charge in [-0.05, 0) is 56.0 Å². The van der Waals surface area contributed by atoms with E-state index in [0.29, 0.717) is 54.1 Å². The van der Waals surface area contributed by atoms with E-state index in [4.69, 9.17) is 14.2 Å². The largest absolute Gasteiger partial charge is 0.506 e. The average molecular weight is 653 g/mol. The summed E-state index contributed by atoms with van der Waals surface area (Å²) < 4.78 is 19.3. The van der Waals surface area contributed by atoms with E-state index in [0.717, 1.165) is 43.6 Å². The third kappa shape index (κ3) is 2.64. The zero-order valence-electron chi connectivity index (χ0n) is 27.8. The first kappa shape index (κ1) is 28.9. The summed E-state index contributed by atoms with van der Waals surface area (Å²) in [5, 5.41) is 11.5. The van der Waals surface area contributed by atoms with Crippen molar-refractivity contribution in [2.45, 2.75) is 73.2 Å². The monoisotopic (exact) mass is 652 g/mol. The van der Waals surface area contributed by atoms with Gasteiger partial charge in [0.1, 0.15) is 5.75 Å². The lowest BCUT2D eigenvalue weighted by Gasteiger charge is -2.59. The summed E-state index contributed by atoms with van der Waals surface area (Å²) >= 11 is 0. The van der Waals surface area contributed by atoms with Gasteiger partial charge < -0.3 is 24.2 Å². The fourth-order valence-corrected chi connectivity index (χ4v) is 12.3. The van der Waals surface area contributed by atoms with E-state index < -0.39 is 27.6 Å². The maximum atomic E-state index is 15.6. The summed E-state index contributed by atoms with van der Waals surface area (Å²) in [6, 6.07) is 7.26. The Kier molecular flexibility index (Phi) is 5.25. The van der Waals surface area contributed by atoms with Crippen LogP contribution in [0.5, 0.6) is 17.2 Å². The van der Waals surface area contributed by atoms with Crippen molar-refractivity contribution in [2.24, 2.45) is 5.41 Å². The quantitative estimate of drug-likeness (QED) is 0.392. The molecule has 7 aliphatic heterocycles. The fraction of sp³-hybridized carbons (Fsp3) is 0.541.